The third kappa shape index (κ3) is 4.14. The number of rotatable bonds is 4. The van der Waals surface area contributed by atoms with E-state index in [1.165, 1.54) is 21.9 Å². The lowest BCUT2D eigenvalue weighted by molar-refractivity contribution is 1.09. The van der Waals surface area contributed by atoms with E-state index in [1.54, 1.807) is 0 Å². The maximum Gasteiger partial charge on any atom is 0.220 e. The van der Waals surface area contributed by atoms with Crippen molar-refractivity contribution in [3.63, 3.8) is 0 Å². The van der Waals surface area contributed by atoms with E-state index < -0.39 is 0 Å². The standard InChI is InChI=1S/C50H31N7/c1-2-14-32(15-3-1)36-19-13-27-46-48(36)57-43-24-9-6-21-40(43)52-50(57)55(46)34-17-12-16-33(30-34)53-41-22-7-4-18-37(41)38-29-28-35(31-47(38)53)54-44-25-10-11-26-45(44)56-42-23-8-5-20-39(42)51-49(54)56/h1-31H. The van der Waals surface area contributed by atoms with Crippen molar-refractivity contribution in [3.8, 4) is 28.2 Å². The van der Waals surface area contributed by atoms with Crippen LogP contribution in [0.4, 0.5) is 0 Å². The molecular weight excluding hydrogens is 699 g/mol. The Labute approximate surface area is 325 Å². The van der Waals surface area contributed by atoms with Gasteiger partial charge >= 0.3 is 0 Å². The van der Waals surface area contributed by atoms with E-state index in [0.717, 1.165) is 83.8 Å². The number of hydrogen-bond acceptors (Lipinski definition) is 2. The summed E-state index contributed by atoms with van der Waals surface area (Å²) >= 11 is 0. The number of para-hydroxylation sites is 8. The Hall–Kier alpha value is -7.90. The first-order valence-electron chi connectivity index (χ1n) is 19.3. The van der Waals surface area contributed by atoms with E-state index in [0.29, 0.717) is 0 Å². The number of benzene rings is 8. The van der Waals surface area contributed by atoms with Crippen LogP contribution in [0.5, 0.6) is 0 Å². The van der Waals surface area contributed by atoms with Crippen LogP contribution in [0.2, 0.25) is 0 Å². The molecule has 0 aliphatic rings. The number of imidazole rings is 4. The molecular formula is C50H31N7. The predicted molar refractivity (Wildman–Crippen MR) is 232 cm³/mol. The monoisotopic (exact) mass is 729 g/mol. The molecule has 7 nitrogen and oxygen atoms in total. The van der Waals surface area contributed by atoms with Gasteiger partial charge in [0.1, 0.15) is 0 Å². The molecule has 0 saturated carbocycles. The fourth-order valence-electron chi connectivity index (χ4n) is 9.30. The molecule has 266 valence electrons. The molecule has 0 unspecified atom stereocenters. The van der Waals surface area contributed by atoms with Crippen molar-refractivity contribution in [2.24, 2.45) is 0 Å². The van der Waals surface area contributed by atoms with Crippen molar-refractivity contribution in [1.82, 2.24) is 32.5 Å². The quantitative estimate of drug-likeness (QED) is 0.181. The molecule has 0 saturated heterocycles. The number of aromatic nitrogens is 7. The molecule has 5 aromatic heterocycles. The van der Waals surface area contributed by atoms with E-state index in [9.17, 15) is 0 Å². The summed E-state index contributed by atoms with van der Waals surface area (Å²) in [5, 5.41) is 2.40. The zero-order valence-electron chi connectivity index (χ0n) is 30.5. The van der Waals surface area contributed by atoms with Crippen LogP contribution in [0.3, 0.4) is 0 Å². The SMILES string of the molecule is c1ccc(-c2cccc3c2n2c4ccccc4nc2n3-c2cccc(-n3c4ccccc4c4ccc(-n5c6ccccc6n6c7ccccc7nc56)cc43)c2)cc1. The third-order valence-corrected chi connectivity index (χ3v) is 11.7. The normalized spacial score (nSPS) is 12.2. The Morgan fingerprint density at radius 3 is 1.65 bits per heavy atom. The van der Waals surface area contributed by atoms with Crippen molar-refractivity contribution in [1.29, 1.82) is 0 Å². The lowest BCUT2D eigenvalue weighted by atomic mass is 10.0. The highest BCUT2D eigenvalue weighted by Gasteiger charge is 2.22. The topological polar surface area (TPSA) is 49.4 Å². The summed E-state index contributed by atoms with van der Waals surface area (Å²) in [6, 6.07) is 67.0. The van der Waals surface area contributed by atoms with Crippen LogP contribution in [0.15, 0.2) is 188 Å². The molecule has 0 atom stereocenters. The smallest absolute Gasteiger partial charge is 0.220 e. The molecule has 5 heterocycles. The minimum Gasteiger partial charge on any atom is -0.309 e. The Balaban J connectivity index is 1.08. The van der Waals surface area contributed by atoms with Crippen LogP contribution in [0, 0.1) is 0 Å². The van der Waals surface area contributed by atoms with Crippen LogP contribution in [0.25, 0.3) is 106 Å². The molecule has 57 heavy (non-hydrogen) atoms. The van der Waals surface area contributed by atoms with Gasteiger partial charge in [0.05, 0.1) is 66.5 Å². The molecule has 0 aliphatic carbocycles. The summed E-state index contributed by atoms with van der Waals surface area (Å²) < 4.78 is 11.6. The van der Waals surface area contributed by atoms with E-state index in [1.807, 2.05) is 0 Å². The van der Waals surface area contributed by atoms with Crippen molar-refractivity contribution in [2.75, 3.05) is 0 Å². The van der Waals surface area contributed by atoms with E-state index >= 15 is 0 Å². The number of nitrogens with zero attached hydrogens (tertiary/aromatic N) is 7. The van der Waals surface area contributed by atoms with Gasteiger partial charge in [-0.15, -0.1) is 0 Å². The van der Waals surface area contributed by atoms with Crippen molar-refractivity contribution in [3.05, 3.63) is 188 Å². The molecule has 0 N–H and O–H groups in total. The molecule has 0 bridgehead atoms. The largest absolute Gasteiger partial charge is 0.309 e. The van der Waals surface area contributed by atoms with Gasteiger partial charge in [-0.1, -0.05) is 109 Å². The van der Waals surface area contributed by atoms with E-state index in [-0.39, 0.29) is 0 Å². The lowest BCUT2D eigenvalue weighted by Gasteiger charge is -2.13. The zero-order chi connectivity index (χ0) is 37.2. The van der Waals surface area contributed by atoms with Crippen LogP contribution in [0.1, 0.15) is 0 Å². The van der Waals surface area contributed by atoms with Crippen molar-refractivity contribution >= 4 is 77.5 Å². The van der Waals surface area contributed by atoms with Gasteiger partial charge in [0.15, 0.2) is 0 Å². The second-order valence-electron chi connectivity index (χ2n) is 14.7. The van der Waals surface area contributed by atoms with Crippen molar-refractivity contribution in [2.45, 2.75) is 0 Å². The Morgan fingerprint density at radius 2 is 0.860 bits per heavy atom. The highest BCUT2D eigenvalue weighted by atomic mass is 15.2. The maximum absolute atomic E-state index is 5.27. The van der Waals surface area contributed by atoms with Crippen LogP contribution in [-0.4, -0.2) is 32.5 Å². The molecule has 8 aromatic carbocycles. The highest BCUT2D eigenvalue weighted by Crippen LogP contribution is 2.39. The minimum absolute atomic E-state index is 0.881. The summed E-state index contributed by atoms with van der Waals surface area (Å²) in [5.74, 6) is 1.78. The highest BCUT2D eigenvalue weighted by molar-refractivity contribution is 6.10. The zero-order valence-corrected chi connectivity index (χ0v) is 30.5. The molecule has 13 aromatic rings. The fourth-order valence-corrected chi connectivity index (χ4v) is 9.30. The van der Waals surface area contributed by atoms with Gasteiger partial charge < -0.3 is 4.57 Å². The van der Waals surface area contributed by atoms with Gasteiger partial charge in [0.25, 0.3) is 0 Å². The fraction of sp³-hybridized carbons (Fsp3) is 0. The summed E-state index contributed by atoms with van der Waals surface area (Å²) in [5.41, 5.74) is 16.4. The molecule has 13 rings (SSSR count). The maximum atomic E-state index is 5.27. The number of fused-ring (bicyclic) bond motifs is 13. The second-order valence-corrected chi connectivity index (χ2v) is 14.7. The van der Waals surface area contributed by atoms with Gasteiger partial charge in [-0.05, 0) is 84.4 Å². The molecule has 0 amide bonds. The average molecular weight is 730 g/mol. The Kier molecular flexibility index (Phi) is 6.04. The third-order valence-electron chi connectivity index (χ3n) is 11.7. The van der Waals surface area contributed by atoms with Gasteiger partial charge in [-0.25, -0.2) is 9.97 Å². The number of hydrogen-bond donors (Lipinski definition) is 0. The van der Waals surface area contributed by atoms with Gasteiger partial charge in [-0.3, -0.25) is 17.9 Å². The van der Waals surface area contributed by atoms with E-state index in [4.69, 9.17) is 9.97 Å². The summed E-state index contributed by atoms with van der Waals surface area (Å²) in [7, 11) is 0. The van der Waals surface area contributed by atoms with Gasteiger partial charge in [0.2, 0.25) is 11.6 Å². The molecule has 0 aliphatic heterocycles. The van der Waals surface area contributed by atoms with E-state index in [2.05, 4.69) is 211 Å². The Morgan fingerprint density at radius 1 is 0.316 bits per heavy atom. The lowest BCUT2D eigenvalue weighted by Crippen LogP contribution is -2.00. The van der Waals surface area contributed by atoms with Gasteiger partial charge in [-0.2, -0.15) is 0 Å². The van der Waals surface area contributed by atoms with Gasteiger partial charge in [0, 0.05) is 22.0 Å². The summed E-state index contributed by atoms with van der Waals surface area (Å²) in [6.07, 6.45) is 0. The summed E-state index contributed by atoms with van der Waals surface area (Å²) in [4.78, 5) is 10.4. The van der Waals surface area contributed by atoms with Crippen LogP contribution >= 0.6 is 0 Å². The molecule has 7 heteroatoms. The first-order valence-corrected chi connectivity index (χ1v) is 19.3. The molecule has 0 spiro atoms. The first-order chi connectivity index (χ1) is 28.3. The first kappa shape index (κ1) is 30.4. The molecule has 0 fully saturated rings. The van der Waals surface area contributed by atoms with Crippen LogP contribution < -0.4 is 0 Å². The summed E-state index contributed by atoms with van der Waals surface area (Å²) in [6.45, 7) is 0. The second kappa shape index (κ2) is 11.3. The van der Waals surface area contributed by atoms with Crippen LogP contribution in [-0.2, 0) is 0 Å². The van der Waals surface area contributed by atoms with Crippen molar-refractivity contribution < 1.29 is 0 Å². The minimum atomic E-state index is 0.881. The predicted octanol–water partition coefficient (Wildman–Crippen LogP) is 11.9. The molecule has 0 radical (unpaired) electrons. The Bertz CT molecular complexity index is 3760. The average Bonchev–Trinajstić information content (AvgIpc) is 4.06.